The van der Waals surface area contributed by atoms with E-state index in [-0.39, 0.29) is 11.6 Å². The minimum atomic E-state index is -0.471. The standard InChI is InChI=1S/C14H11FN4O.C7H4.C3H4/c1-19-13-7-6-9(8-12(13)17-18-19)14(20)16-11-5-3-2-4-10(11)15;1-3-5-7-6-4-2;1-3-2/h2-8H,1H3,(H,16,20);1-2H2;1-2H2. The number of anilines is 1. The predicted molar refractivity (Wildman–Crippen MR) is 116 cm³/mol. The van der Waals surface area contributed by atoms with Crippen LogP contribution in [-0.4, -0.2) is 20.9 Å². The minimum absolute atomic E-state index is 0.150. The van der Waals surface area contributed by atoms with E-state index in [1.807, 2.05) is 0 Å². The first-order chi connectivity index (χ1) is 14.5. The maximum absolute atomic E-state index is 13.5. The van der Waals surface area contributed by atoms with Gasteiger partial charge in [0.05, 0.1) is 11.2 Å². The SMILES string of the molecule is C=C=C.C=C=C=C=C=C=C.Cn1nnc2cc(C(=O)Nc3ccccc3F)ccc21. The van der Waals surface area contributed by atoms with Gasteiger partial charge in [0.1, 0.15) is 11.3 Å². The fourth-order valence-electron chi connectivity index (χ4n) is 2.06. The van der Waals surface area contributed by atoms with Gasteiger partial charge in [-0.25, -0.2) is 9.07 Å². The zero-order valence-electron chi connectivity index (χ0n) is 16.5. The van der Waals surface area contributed by atoms with Crippen molar-refractivity contribution < 1.29 is 9.18 Å². The molecule has 0 aliphatic carbocycles. The van der Waals surface area contributed by atoms with Crippen LogP contribution in [0, 0.1) is 5.82 Å². The van der Waals surface area contributed by atoms with Crippen LogP contribution >= 0.6 is 0 Å². The average Bonchev–Trinajstić information content (AvgIpc) is 3.11. The number of benzene rings is 2. The summed E-state index contributed by atoms with van der Waals surface area (Å²) in [5, 5.41) is 10.3. The fourth-order valence-corrected chi connectivity index (χ4v) is 2.06. The summed E-state index contributed by atoms with van der Waals surface area (Å²) >= 11 is 0. The Morgan fingerprint density at radius 3 is 2.27 bits per heavy atom. The van der Waals surface area contributed by atoms with E-state index < -0.39 is 5.82 Å². The third-order valence-corrected chi connectivity index (χ3v) is 3.30. The number of fused-ring (bicyclic) bond motifs is 1. The number of nitrogens with zero attached hydrogens (tertiary/aromatic N) is 3. The molecule has 1 N–H and O–H groups in total. The van der Waals surface area contributed by atoms with Crippen LogP contribution in [0.1, 0.15) is 10.4 Å². The Labute approximate surface area is 174 Å². The summed E-state index contributed by atoms with van der Waals surface area (Å²) in [6.45, 7) is 12.7. The molecule has 6 heteroatoms. The van der Waals surface area contributed by atoms with Gasteiger partial charge in [0.15, 0.2) is 0 Å². The number of nitrogens with one attached hydrogen (secondary N) is 1. The molecule has 0 saturated heterocycles. The molecule has 0 unspecified atom stereocenters. The first-order valence-electron chi connectivity index (χ1n) is 8.42. The monoisotopic (exact) mass is 398 g/mol. The molecule has 3 rings (SSSR count). The van der Waals surface area contributed by atoms with E-state index in [1.54, 1.807) is 42.1 Å². The third kappa shape index (κ3) is 7.19. The number of hydrogen-bond acceptors (Lipinski definition) is 3. The van der Waals surface area contributed by atoms with Crippen LogP contribution in [0.2, 0.25) is 0 Å². The lowest BCUT2D eigenvalue weighted by atomic mass is 10.2. The lowest BCUT2D eigenvalue weighted by Gasteiger charge is -2.06. The second-order valence-electron chi connectivity index (χ2n) is 5.33. The van der Waals surface area contributed by atoms with Gasteiger partial charge in [0.2, 0.25) is 0 Å². The van der Waals surface area contributed by atoms with E-state index in [9.17, 15) is 9.18 Å². The Morgan fingerprint density at radius 2 is 1.67 bits per heavy atom. The number of para-hydroxylation sites is 1. The van der Waals surface area contributed by atoms with Crippen LogP contribution in [-0.2, 0) is 7.05 Å². The van der Waals surface area contributed by atoms with Crippen molar-refractivity contribution in [1.29, 1.82) is 0 Å². The fraction of sp³-hybridized carbons (Fsp3) is 0.0417. The molecule has 0 saturated carbocycles. The van der Waals surface area contributed by atoms with Crippen molar-refractivity contribution in [3.63, 3.8) is 0 Å². The van der Waals surface area contributed by atoms with Gasteiger partial charge >= 0.3 is 0 Å². The Hall–Kier alpha value is -4.60. The maximum atomic E-state index is 13.5. The number of aryl methyl sites for hydroxylation is 1. The van der Waals surface area contributed by atoms with Crippen molar-refractivity contribution in [1.82, 2.24) is 15.0 Å². The van der Waals surface area contributed by atoms with E-state index in [2.05, 4.69) is 76.3 Å². The van der Waals surface area contributed by atoms with E-state index >= 15 is 0 Å². The Morgan fingerprint density at radius 1 is 1.03 bits per heavy atom. The van der Waals surface area contributed by atoms with Crippen molar-refractivity contribution in [3.05, 3.63) is 115 Å². The maximum Gasteiger partial charge on any atom is 0.255 e. The van der Waals surface area contributed by atoms with Gasteiger partial charge in [-0.05, 0) is 60.7 Å². The molecule has 0 aliphatic rings. The van der Waals surface area contributed by atoms with Crippen LogP contribution in [0.5, 0.6) is 0 Å². The van der Waals surface area contributed by atoms with Crippen molar-refractivity contribution in [3.8, 4) is 0 Å². The quantitative estimate of drug-likeness (QED) is 0.625. The zero-order valence-corrected chi connectivity index (χ0v) is 16.5. The highest BCUT2D eigenvalue weighted by atomic mass is 19.1. The average molecular weight is 398 g/mol. The summed E-state index contributed by atoms with van der Waals surface area (Å²) in [5.74, 6) is -0.857. The smallest absolute Gasteiger partial charge is 0.255 e. The first-order valence-corrected chi connectivity index (χ1v) is 8.42. The number of hydrogen-bond donors (Lipinski definition) is 1. The molecule has 2 aromatic carbocycles. The molecule has 30 heavy (non-hydrogen) atoms. The molecule has 0 radical (unpaired) electrons. The van der Waals surface area contributed by atoms with Gasteiger partial charge in [-0.2, -0.15) is 0 Å². The summed E-state index contributed by atoms with van der Waals surface area (Å²) in [5.41, 5.74) is 16.3. The molecule has 0 fully saturated rings. The van der Waals surface area contributed by atoms with Gasteiger partial charge in [0.25, 0.3) is 5.91 Å². The normalized spacial score (nSPS) is 8.20. The Kier molecular flexibility index (Phi) is 9.94. The summed E-state index contributed by atoms with van der Waals surface area (Å²) in [6.07, 6.45) is 0. The molecule has 3 aromatic rings. The van der Waals surface area contributed by atoms with Crippen molar-refractivity contribution >= 4 is 22.6 Å². The summed E-state index contributed by atoms with van der Waals surface area (Å²) in [7, 11) is 1.77. The highest BCUT2D eigenvalue weighted by Crippen LogP contribution is 2.16. The molecule has 1 aromatic heterocycles. The van der Waals surface area contributed by atoms with Crippen LogP contribution in [0.4, 0.5) is 10.1 Å². The summed E-state index contributed by atoms with van der Waals surface area (Å²) in [4.78, 5) is 12.1. The predicted octanol–water partition coefficient (Wildman–Crippen LogP) is 4.89. The number of halogens is 1. The number of carbonyl (C=O) groups excluding carboxylic acids is 1. The van der Waals surface area contributed by atoms with E-state index in [1.165, 1.54) is 12.1 Å². The van der Waals surface area contributed by atoms with Crippen LogP contribution in [0.25, 0.3) is 11.0 Å². The largest absolute Gasteiger partial charge is 0.319 e. The van der Waals surface area contributed by atoms with Crippen molar-refractivity contribution in [2.45, 2.75) is 0 Å². The second kappa shape index (κ2) is 12.7. The first kappa shape index (κ1) is 23.4. The number of aromatic nitrogens is 3. The molecule has 0 aliphatic heterocycles. The molecule has 5 nitrogen and oxygen atoms in total. The molecule has 0 bridgehead atoms. The Balaban J connectivity index is 0.000000380. The molecule has 1 heterocycles. The lowest BCUT2D eigenvalue weighted by Crippen LogP contribution is -2.12. The zero-order chi connectivity index (χ0) is 22.4. The lowest BCUT2D eigenvalue weighted by molar-refractivity contribution is 0.102. The van der Waals surface area contributed by atoms with Gasteiger partial charge < -0.3 is 5.32 Å². The minimum Gasteiger partial charge on any atom is -0.319 e. The van der Waals surface area contributed by atoms with Crippen molar-refractivity contribution in [2.75, 3.05) is 5.32 Å². The highest BCUT2D eigenvalue weighted by molar-refractivity contribution is 6.05. The Bertz CT molecular complexity index is 1230. The van der Waals surface area contributed by atoms with Crippen LogP contribution in [0.15, 0.2) is 103 Å². The molecular weight excluding hydrogens is 379 g/mol. The topological polar surface area (TPSA) is 59.8 Å². The molecule has 148 valence electrons. The summed E-state index contributed by atoms with van der Waals surface area (Å²) in [6, 6.07) is 11.1. The van der Waals surface area contributed by atoms with Gasteiger partial charge in [-0.1, -0.05) is 42.0 Å². The van der Waals surface area contributed by atoms with Crippen molar-refractivity contribution in [2.24, 2.45) is 7.05 Å². The highest BCUT2D eigenvalue weighted by Gasteiger charge is 2.11. The van der Waals surface area contributed by atoms with Gasteiger partial charge in [0, 0.05) is 12.6 Å². The molecule has 0 spiro atoms. The third-order valence-electron chi connectivity index (χ3n) is 3.30. The van der Waals surface area contributed by atoms with Crippen LogP contribution in [0.3, 0.4) is 0 Å². The van der Waals surface area contributed by atoms with E-state index in [0.717, 1.165) is 5.52 Å². The number of rotatable bonds is 2. The molecule has 0 atom stereocenters. The van der Waals surface area contributed by atoms with E-state index in [0.29, 0.717) is 11.1 Å². The molecule has 1 amide bonds. The van der Waals surface area contributed by atoms with Crippen LogP contribution < -0.4 is 5.32 Å². The number of carbonyl (C=O) groups is 1. The molecular formula is C24H19FN4O. The number of amides is 1. The van der Waals surface area contributed by atoms with Gasteiger partial charge in [-0.3, -0.25) is 4.79 Å². The van der Waals surface area contributed by atoms with E-state index in [4.69, 9.17) is 0 Å². The summed E-state index contributed by atoms with van der Waals surface area (Å²) < 4.78 is 15.1. The van der Waals surface area contributed by atoms with Gasteiger partial charge in [-0.15, -0.1) is 10.8 Å². The second-order valence-corrected chi connectivity index (χ2v) is 5.33.